The molecule has 4 aromatic rings. The molecule has 2 N–H and O–H groups in total. The number of phenols is 1. The van der Waals surface area contributed by atoms with Crippen LogP contribution in [-0.2, 0) is 0 Å². The molecule has 1 heterocycles. The first kappa shape index (κ1) is 18.4. The van der Waals surface area contributed by atoms with Crippen molar-refractivity contribution in [3.63, 3.8) is 0 Å². The normalized spacial score (nSPS) is 11.1. The van der Waals surface area contributed by atoms with E-state index in [1.54, 1.807) is 30.3 Å². The average molecular weight is 381 g/mol. The summed E-state index contributed by atoms with van der Waals surface area (Å²) in [7, 11) is 0. The Hall–Kier alpha value is -3.99. The van der Waals surface area contributed by atoms with Gasteiger partial charge in [-0.1, -0.05) is 60.2 Å². The Labute approximate surface area is 168 Å². The van der Waals surface area contributed by atoms with Crippen LogP contribution in [0.3, 0.4) is 0 Å². The van der Waals surface area contributed by atoms with Gasteiger partial charge in [0.15, 0.2) is 0 Å². The number of nitrogens with one attached hydrogen (secondary N) is 1. The Kier molecular flexibility index (Phi) is 5.03. The molecule has 0 aliphatic rings. The smallest absolute Gasteiger partial charge is 0.272 e. The summed E-state index contributed by atoms with van der Waals surface area (Å²) in [4.78, 5) is 17.6. The minimum atomic E-state index is -0.344. The van der Waals surface area contributed by atoms with Crippen LogP contribution in [0.2, 0.25) is 0 Å². The standard InChI is InChI=1S/C24H19N3O2/c1-16-10-12-17(13-11-16)22-14-20(19-7-3-4-8-21(19)26-22)24(29)27-25-15-18-6-2-5-9-23(18)28/h2-15,28H,1H3,(H,27,29). The second kappa shape index (κ2) is 7.94. The predicted molar refractivity (Wildman–Crippen MR) is 115 cm³/mol. The van der Waals surface area contributed by atoms with Crippen molar-refractivity contribution in [1.29, 1.82) is 0 Å². The van der Waals surface area contributed by atoms with Crippen molar-refractivity contribution >= 4 is 23.0 Å². The van der Waals surface area contributed by atoms with Gasteiger partial charge in [-0.3, -0.25) is 4.79 Å². The minimum absolute atomic E-state index is 0.0986. The fourth-order valence-electron chi connectivity index (χ4n) is 3.05. The van der Waals surface area contributed by atoms with Crippen molar-refractivity contribution in [3.05, 3.63) is 95.6 Å². The molecular weight excluding hydrogens is 362 g/mol. The number of hydrogen-bond acceptors (Lipinski definition) is 4. The van der Waals surface area contributed by atoms with Gasteiger partial charge in [-0.25, -0.2) is 10.4 Å². The summed E-state index contributed by atoms with van der Waals surface area (Å²) in [6.45, 7) is 2.03. The quantitative estimate of drug-likeness (QED) is 0.398. The summed E-state index contributed by atoms with van der Waals surface area (Å²) in [6.07, 6.45) is 1.41. The van der Waals surface area contributed by atoms with Crippen molar-refractivity contribution in [3.8, 4) is 17.0 Å². The van der Waals surface area contributed by atoms with Crippen molar-refractivity contribution in [2.75, 3.05) is 0 Å². The van der Waals surface area contributed by atoms with Gasteiger partial charge in [0, 0.05) is 16.5 Å². The Morgan fingerprint density at radius 3 is 2.52 bits per heavy atom. The molecule has 0 fully saturated rings. The highest BCUT2D eigenvalue weighted by Crippen LogP contribution is 2.25. The van der Waals surface area contributed by atoms with Gasteiger partial charge in [0.1, 0.15) is 5.75 Å². The number of aryl methyl sites for hydroxylation is 1. The van der Waals surface area contributed by atoms with Crippen LogP contribution >= 0.6 is 0 Å². The molecule has 0 bridgehead atoms. The fourth-order valence-corrected chi connectivity index (χ4v) is 3.05. The van der Waals surface area contributed by atoms with Gasteiger partial charge in [-0.2, -0.15) is 5.10 Å². The van der Waals surface area contributed by atoms with Crippen LogP contribution in [0.1, 0.15) is 21.5 Å². The molecule has 0 unspecified atom stereocenters. The number of benzene rings is 3. The third-order valence-corrected chi connectivity index (χ3v) is 4.61. The van der Waals surface area contributed by atoms with Gasteiger partial charge >= 0.3 is 0 Å². The number of carbonyl (C=O) groups excluding carboxylic acids is 1. The van der Waals surface area contributed by atoms with E-state index in [0.717, 1.165) is 27.7 Å². The molecule has 0 saturated carbocycles. The molecule has 4 rings (SSSR count). The molecule has 29 heavy (non-hydrogen) atoms. The predicted octanol–water partition coefficient (Wildman–Crippen LogP) is 4.68. The lowest BCUT2D eigenvalue weighted by atomic mass is 10.0. The molecule has 0 aliphatic heterocycles. The molecule has 142 valence electrons. The third-order valence-electron chi connectivity index (χ3n) is 4.61. The first-order valence-electron chi connectivity index (χ1n) is 9.20. The Balaban J connectivity index is 1.69. The van der Waals surface area contributed by atoms with E-state index >= 15 is 0 Å². The maximum atomic E-state index is 12.9. The van der Waals surface area contributed by atoms with Crippen LogP contribution in [0, 0.1) is 6.92 Å². The van der Waals surface area contributed by atoms with Crippen molar-refractivity contribution in [2.45, 2.75) is 6.92 Å². The van der Waals surface area contributed by atoms with Crippen LogP contribution in [0.4, 0.5) is 0 Å². The highest BCUT2D eigenvalue weighted by molar-refractivity contribution is 6.07. The number of nitrogens with zero attached hydrogens (tertiary/aromatic N) is 2. The van der Waals surface area contributed by atoms with Crippen molar-refractivity contribution in [1.82, 2.24) is 10.4 Å². The molecule has 1 amide bonds. The van der Waals surface area contributed by atoms with E-state index in [1.165, 1.54) is 6.21 Å². The van der Waals surface area contributed by atoms with E-state index in [9.17, 15) is 9.90 Å². The van der Waals surface area contributed by atoms with E-state index in [1.807, 2.05) is 55.5 Å². The number of hydrogen-bond donors (Lipinski definition) is 2. The van der Waals surface area contributed by atoms with E-state index in [2.05, 4.69) is 10.5 Å². The molecule has 1 aromatic heterocycles. The molecule has 0 radical (unpaired) electrons. The lowest BCUT2D eigenvalue weighted by molar-refractivity contribution is 0.0956. The molecule has 0 aliphatic carbocycles. The van der Waals surface area contributed by atoms with Gasteiger partial charge in [-0.15, -0.1) is 0 Å². The average Bonchev–Trinajstić information content (AvgIpc) is 2.74. The molecule has 3 aromatic carbocycles. The summed E-state index contributed by atoms with van der Waals surface area (Å²) in [5.74, 6) is -0.245. The fraction of sp³-hybridized carbons (Fsp3) is 0.0417. The maximum Gasteiger partial charge on any atom is 0.272 e. The summed E-state index contributed by atoms with van der Waals surface area (Å²) in [6, 6.07) is 24.1. The number of rotatable bonds is 4. The van der Waals surface area contributed by atoms with Gasteiger partial charge < -0.3 is 5.11 Å². The van der Waals surface area contributed by atoms with Crippen molar-refractivity contribution in [2.24, 2.45) is 5.10 Å². The second-order valence-electron chi connectivity index (χ2n) is 6.70. The summed E-state index contributed by atoms with van der Waals surface area (Å²) in [5, 5.41) is 14.5. The lowest BCUT2D eigenvalue weighted by Gasteiger charge is -2.09. The number of carbonyl (C=O) groups is 1. The number of pyridine rings is 1. The van der Waals surface area contributed by atoms with Crippen LogP contribution in [0.15, 0.2) is 84.0 Å². The SMILES string of the molecule is Cc1ccc(-c2cc(C(=O)NN=Cc3ccccc3O)c3ccccc3n2)cc1. The Morgan fingerprint density at radius 2 is 1.72 bits per heavy atom. The number of aromatic nitrogens is 1. The van der Waals surface area contributed by atoms with Gasteiger partial charge in [0.05, 0.1) is 23.0 Å². The van der Waals surface area contributed by atoms with Crippen LogP contribution < -0.4 is 5.43 Å². The molecule has 0 spiro atoms. The molecule has 0 saturated heterocycles. The number of amides is 1. The second-order valence-corrected chi connectivity index (χ2v) is 6.70. The van der Waals surface area contributed by atoms with Crippen molar-refractivity contribution < 1.29 is 9.90 Å². The zero-order valence-electron chi connectivity index (χ0n) is 15.8. The van der Waals surface area contributed by atoms with Gasteiger partial charge in [0.25, 0.3) is 5.91 Å². The number of hydrazone groups is 1. The van der Waals surface area contributed by atoms with E-state index in [0.29, 0.717) is 11.1 Å². The van der Waals surface area contributed by atoms with Crippen LogP contribution in [-0.4, -0.2) is 22.2 Å². The maximum absolute atomic E-state index is 12.9. The van der Waals surface area contributed by atoms with Gasteiger partial charge in [-0.05, 0) is 31.2 Å². The Morgan fingerprint density at radius 1 is 1.00 bits per heavy atom. The minimum Gasteiger partial charge on any atom is -0.507 e. The first-order chi connectivity index (χ1) is 14.1. The zero-order valence-corrected chi connectivity index (χ0v) is 15.8. The van der Waals surface area contributed by atoms with E-state index in [-0.39, 0.29) is 11.7 Å². The zero-order chi connectivity index (χ0) is 20.2. The van der Waals surface area contributed by atoms with Crippen LogP contribution in [0.25, 0.3) is 22.2 Å². The summed E-state index contributed by atoms with van der Waals surface area (Å²) in [5.41, 5.74) is 7.11. The topological polar surface area (TPSA) is 74.6 Å². The molecule has 5 nitrogen and oxygen atoms in total. The van der Waals surface area contributed by atoms with E-state index < -0.39 is 0 Å². The summed E-state index contributed by atoms with van der Waals surface area (Å²) < 4.78 is 0. The molecule has 0 atom stereocenters. The lowest BCUT2D eigenvalue weighted by Crippen LogP contribution is -2.18. The number of para-hydroxylation sites is 2. The van der Waals surface area contributed by atoms with Crippen LogP contribution in [0.5, 0.6) is 5.75 Å². The monoisotopic (exact) mass is 381 g/mol. The first-order valence-corrected chi connectivity index (χ1v) is 9.20. The van der Waals surface area contributed by atoms with Gasteiger partial charge in [0.2, 0.25) is 0 Å². The number of fused-ring (bicyclic) bond motifs is 1. The summed E-state index contributed by atoms with van der Waals surface area (Å²) >= 11 is 0. The molecular formula is C24H19N3O2. The number of aromatic hydroxyl groups is 1. The number of phenolic OH excluding ortho intramolecular Hbond substituents is 1. The third kappa shape index (κ3) is 3.99. The van der Waals surface area contributed by atoms with E-state index in [4.69, 9.17) is 4.98 Å². The molecule has 5 heteroatoms. The Bertz CT molecular complexity index is 1210. The highest BCUT2D eigenvalue weighted by Gasteiger charge is 2.13. The highest BCUT2D eigenvalue weighted by atomic mass is 16.3. The largest absolute Gasteiger partial charge is 0.507 e.